The van der Waals surface area contributed by atoms with E-state index in [0.717, 1.165) is 41.7 Å². The Morgan fingerprint density at radius 3 is 2.73 bits per heavy atom. The molecular weight excluding hydrogens is 280 g/mol. The van der Waals surface area contributed by atoms with Crippen molar-refractivity contribution in [1.82, 2.24) is 10.6 Å². The van der Waals surface area contributed by atoms with Gasteiger partial charge in [-0.05, 0) is 32.3 Å². The Hall–Kier alpha value is -2.04. The van der Waals surface area contributed by atoms with Gasteiger partial charge in [0.1, 0.15) is 5.75 Å². The SMILES string of the molecule is Cc1cc(C)c2c(c1)[C@@H](NC(=O)CNC(=O)C1CC1)CCO2. The molecule has 0 bridgehead atoms. The number of hydrogen-bond acceptors (Lipinski definition) is 3. The first kappa shape index (κ1) is 14.9. The summed E-state index contributed by atoms with van der Waals surface area (Å²) >= 11 is 0. The topological polar surface area (TPSA) is 67.4 Å². The van der Waals surface area contributed by atoms with E-state index in [4.69, 9.17) is 4.74 Å². The van der Waals surface area contributed by atoms with Gasteiger partial charge in [0, 0.05) is 17.9 Å². The summed E-state index contributed by atoms with van der Waals surface area (Å²) in [5, 5.41) is 5.71. The second kappa shape index (κ2) is 5.99. The summed E-state index contributed by atoms with van der Waals surface area (Å²) in [7, 11) is 0. The Balaban J connectivity index is 1.63. The van der Waals surface area contributed by atoms with Crippen molar-refractivity contribution in [3.05, 3.63) is 28.8 Å². The number of carbonyl (C=O) groups excluding carboxylic acids is 2. The van der Waals surface area contributed by atoms with Crippen molar-refractivity contribution in [2.75, 3.05) is 13.2 Å². The van der Waals surface area contributed by atoms with Crippen molar-refractivity contribution in [2.24, 2.45) is 5.92 Å². The average Bonchev–Trinajstić information content (AvgIpc) is 3.30. The van der Waals surface area contributed by atoms with Gasteiger partial charge >= 0.3 is 0 Å². The fraction of sp³-hybridized carbons (Fsp3) is 0.529. The first-order valence-electron chi connectivity index (χ1n) is 7.85. The van der Waals surface area contributed by atoms with Crippen molar-refractivity contribution in [1.29, 1.82) is 0 Å². The molecule has 0 saturated heterocycles. The van der Waals surface area contributed by atoms with Gasteiger partial charge in [-0.3, -0.25) is 9.59 Å². The van der Waals surface area contributed by atoms with Crippen molar-refractivity contribution in [3.8, 4) is 5.75 Å². The molecule has 3 rings (SSSR count). The van der Waals surface area contributed by atoms with Crippen molar-refractivity contribution in [3.63, 3.8) is 0 Å². The predicted molar refractivity (Wildman–Crippen MR) is 82.6 cm³/mol. The lowest BCUT2D eigenvalue weighted by Gasteiger charge is -2.28. The zero-order valence-electron chi connectivity index (χ0n) is 13.1. The fourth-order valence-corrected chi connectivity index (χ4v) is 2.93. The van der Waals surface area contributed by atoms with E-state index >= 15 is 0 Å². The molecule has 1 atom stereocenters. The van der Waals surface area contributed by atoms with E-state index in [9.17, 15) is 9.59 Å². The molecule has 5 heteroatoms. The van der Waals surface area contributed by atoms with E-state index in [1.165, 1.54) is 0 Å². The Morgan fingerprint density at radius 2 is 2.00 bits per heavy atom. The molecule has 118 valence electrons. The molecule has 0 unspecified atom stereocenters. The van der Waals surface area contributed by atoms with Crippen LogP contribution in [0.3, 0.4) is 0 Å². The van der Waals surface area contributed by atoms with Crippen LogP contribution in [0.2, 0.25) is 0 Å². The van der Waals surface area contributed by atoms with Crippen LogP contribution in [0.15, 0.2) is 12.1 Å². The molecule has 22 heavy (non-hydrogen) atoms. The quantitative estimate of drug-likeness (QED) is 0.890. The van der Waals surface area contributed by atoms with E-state index in [0.29, 0.717) is 6.61 Å². The number of rotatable bonds is 4. The maximum Gasteiger partial charge on any atom is 0.239 e. The first-order valence-corrected chi connectivity index (χ1v) is 7.85. The summed E-state index contributed by atoms with van der Waals surface area (Å²) < 4.78 is 5.74. The van der Waals surface area contributed by atoms with Gasteiger partial charge in [-0.25, -0.2) is 0 Å². The van der Waals surface area contributed by atoms with Gasteiger partial charge in [-0.15, -0.1) is 0 Å². The summed E-state index contributed by atoms with van der Waals surface area (Å²) in [5.74, 6) is 0.853. The number of amides is 2. The van der Waals surface area contributed by atoms with Gasteiger partial charge in [-0.1, -0.05) is 17.7 Å². The minimum Gasteiger partial charge on any atom is -0.493 e. The Bertz CT molecular complexity index is 608. The molecule has 1 saturated carbocycles. The third kappa shape index (κ3) is 3.24. The monoisotopic (exact) mass is 302 g/mol. The summed E-state index contributed by atoms with van der Waals surface area (Å²) in [6.07, 6.45) is 2.64. The predicted octanol–water partition coefficient (Wildman–Crippen LogP) is 1.77. The zero-order chi connectivity index (χ0) is 15.7. The standard InChI is InChI=1S/C17H22N2O3/c1-10-7-11(2)16-13(8-10)14(5-6-22-16)19-15(20)9-18-17(21)12-3-4-12/h7-8,12,14H,3-6,9H2,1-2H3,(H,18,21)(H,19,20)/t14-/m0/s1. The number of hydrogen-bond donors (Lipinski definition) is 2. The summed E-state index contributed by atoms with van der Waals surface area (Å²) in [6, 6.07) is 4.10. The number of ether oxygens (including phenoxy) is 1. The second-order valence-corrected chi connectivity index (χ2v) is 6.25. The summed E-state index contributed by atoms with van der Waals surface area (Å²) in [4.78, 5) is 23.7. The minimum atomic E-state index is -0.147. The Kier molecular flexibility index (Phi) is 4.05. The number of nitrogens with one attached hydrogen (secondary N) is 2. The summed E-state index contributed by atoms with van der Waals surface area (Å²) in [5.41, 5.74) is 3.28. The smallest absolute Gasteiger partial charge is 0.239 e. The Labute approximate surface area is 130 Å². The summed E-state index contributed by atoms with van der Waals surface area (Å²) in [6.45, 7) is 4.70. The van der Waals surface area contributed by atoms with Crippen LogP contribution in [0.25, 0.3) is 0 Å². The van der Waals surface area contributed by atoms with Crippen LogP contribution >= 0.6 is 0 Å². The maximum atomic E-state index is 12.1. The third-order valence-corrected chi connectivity index (χ3v) is 4.18. The molecule has 0 radical (unpaired) electrons. The van der Waals surface area contributed by atoms with E-state index < -0.39 is 0 Å². The van der Waals surface area contributed by atoms with Crippen molar-refractivity contribution < 1.29 is 14.3 Å². The van der Waals surface area contributed by atoms with Crippen LogP contribution in [0, 0.1) is 19.8 Å². The average molecular weight is 302 g/mol. The highest BCUT2D eigenvalue weighted by Crippen LogP contribution is 2.35. The molecule has 1 aromatic rings. The van der Waals surface area contributed by atoms with E-state index in [1.54, 1.807) is 0 Å². The molecule has 1 aliphatic heterocycles. The highest BCUT2D eigenvalue weighted by atomic mass is 16.5. The first-order chi connectivity index (χ1) is 10.5. The van der Waals surface area contributed by atoms with Gasteiger partial charge < -0.3 is 15.4 Å². The van der Waals surface area contributed by atoms with E-state index in [1.807, 2.05) is 13.8 Å². The van der Waals surface area contributed by atoms with Gasteiger partial charge in [0.05, 0.1) is 19.2 Å². The second-order valence-electron chi connectivity index (χ2n) is 6.25. The van der Waals surface area contributed by atoms with Gasteiger partial charge in [0.15, 0.2) is 0 Å². The van der Waals surface area contributed by atoms with Crippen molar-refractivity contribution >= 4 is 11.8 Å². The van der Waals surface area contributed by atoms with Crippen LogP contribution in [-0.4, -0.2) is 25.0 Å². The van der Waals surface area contributed by atoms with Crippen LogP contribution in [-0.2, 0) is 9.59 Å². The molecule has 2 N–H and O–H groups in total. The van der Waals surface area contributed by atoms with Gasteiger partial charge in [0.25, 0.3) is 0 Å². The number of benzene rings is 1. The number of aryl methyl sites for hydroxylation is 2. The molecule has 1 aliphatic carbocycles. The molecule has 2 aliphatic rings. The fourth-order valence-electron chi connectivity index (χ4n) is 2.93. The van der Waals surface area contributed by atoms with Gasteiger partial charge in [0.2, 0.25) is 11.8 Å². The normalized spacial score (nSPS) is 19.8. The number of fused-ring (bicyclic) bond motifs is 1. The van der Waals surface area contributed by atoms with Crippen LogP contribution < -0.4 is 15.4 Å². The van der Waals surface area contributed by atoms with Crippen LogP contribution in [0.5, 0.6) is 5.75 Å². The molecular formula is C17H22N2O3. The van der Waals surface area contributed by atoms with Crippen LogP contribution in [0.4, 0.5) is 0 Å². The lowest BCUT2D eigenvalue weighted by Crippen LogP contribution is -2.40. The highest BCUT2D eigenvalue weighted by molar-refractivity contribution is 5.87. The lowest BCUT2D eigenvalue weighted by molar-refractivity contribution is -0.127. The van der Waals surface area contributed by atoms with Gasteiger partial charge in [-0.2, -0.15) is 0 Å². The largest absolute Gasteiger partial charge is 0.493 e. The Morgan fingerprint density at radius 1 is 1.23 bits per heavy atom. The minimum absolute atomic E-state index is 0.00536. The third-order valence-electron chi connectivity index (χ3n) is 4.18. The highest BCUT2D eigenvalue weighted by Gasteiger charge is 2.30. The van der Waals surface area contributed by atoms with E-state index in [2.05, 4.69) is 22.8 Å². The van der Waals surface area contributed by atoms with Crippen LogP contribution in [0.1, 0.15) is 42.0 Å². The molecule has 1 heterocycles. The lowest BCUT2D eigenvalue weighted by atomic mass is 9.95. The molecule has 0 aromatic heterocycles. The maximum absolute atomic E-state index is 12.1. The van der Waals surface area contributed by atoms with E-state index in [-0.39, 0.29) is 30.3 Å². The molecule has 5 nitrogen and oxygen atoms in total. The molecule has 0 spiro atoms. The van der Waals surface area contributed by atoms with Crippen molar-refractivity contribution in [2.45, 2.75) is 39.2 Å². The molecule has 1 fully saturated rings. The zero-order valence-corrected chi connectivity index (χ0v) is 13.1. The number of carbonyl (C=O) groups is 2. The molecule has 2 amide bonds. The molecule has 1 aromatic carbocycles.